The van der Waals surface area contributed by atoms with Crippen molar-refractivity contribution < 1.29 is 12.8 Å². The molecule has 0 bridgehead atoms. The van der Waals surface area contributed by atoms with Crippen LogP contribution in [0.2, 0.25) is 0 Å². The third-order valence-electron chi connectivity index (χ3n) is 2.91. The van der Waals surface area contributed by atoms with Crippen LogP contribution in [0.15, 0.2) is 29.3 Å². The third-order valence-corrected chi connectivity index (χ3v) is 4.38. The largest absolute Gasteiger partial charge is 0.279 e. The van der Waals surface area contributed by atoms with Gasteiger partial charge in [-0.05, 0) is 37.6 Å². The van der Waals surface area contributed by atoms with Crippen LogP contribution in [0.3, 0.4) is 0 Å². The van der Waals surface area contributed by atoms with E-state index in [9.17, 15) is 12.8 Å². The molecule has 0 atom stereocenters. The van der Waals surface area contributed by atoms with Gasteiger partial charge in [-0.3, -0.25) is 9.40 Å². The molecule has 0 radical (unpaired) electrons. The molecule has 0 amide bonds. The second-order valence-corrected chi connectivity index (χ2v) is 5.93. The molecule has 0 aliphatic heterocycles. The van der Waals surface area contributed by atoms with Gasteiger partial charge >= 0.3 is 0 Å². The van der Waals surface area contributed by atoms with E-state index in [1.807, 2.05) is 0 Å². The summed E-state index contributed by atoms with van der Waals surface area (Å²) in [6, 6.07) is 3.88. The number of aromatic nitrogens is 2. The number of benzene rings is 1. The van der Waals surface area contributed by atoms with Gasteiger partial charge < -0.3 is 0 Å². The van der Waals surface area contributed by atoms with Crippen LogP contribution in [0.25, 0.3) is 0 Å². The zero-order valence-corrected chi connectivity index (χ0v) is 11.6. The normalized spacial score (nSPS) is 11.6. The maximum Gasteiger partial charge on any atom is 0.265 e. The fourth-order valence-electron chi connectivity index (χ4n) is 1.68. The molecule has 0 spiro atoms. The minimum Gasteiger partial charge on any atom is -0.279 e. The van der Waals surface area contributed by atoms with Gasteiger partial charge in [-0.1, -0.05) is 0 Å². The van der Waals surface area contributed by atoms with Crippen LogP contribution in [-0.2, 0) is 17.1 Å². The van der Waals surface area contributed by atoms with Crippen LogP contribution < -0.4 is 4.72 Å². The van der Waals surface area contributed by atoms with Gasteiger partial charge in [0, 0.05) is 7.05 Å². The van der Waals surface area contributed by atoms with Gasteiger partial charge in [0.1, 0.15) is 10.7 Å². The highest BCUT2D eigenvalue weighted by Crippen LogP contribution is 2.21. The lowest BCUT2D eigenvalue weighted by Crippen LogP contribution is -2.14. The molecule has 2 rings (SSSR count). The molecular formula is C12H14FN3O2S. The molecule has 19 heavy (non-hydrogen) atoms. The van der Waals surface area contributed by atoms with Crippen molar-refractivity contribution >= 4 is 15.7 Å². The Balaban J connectivity index is 2.39. The van der Waals surface area contributed by atoms with Gasteiger partial charge in [-0.15, -0.1) is 0 Å². The van der Waals surface area contributed by atoms with E-state index in [2.05, 4.69) is 9.82 Å². The molecule has 0 saturated heterocycles. The number of rotatable bonds is 3. The molecule has 0 saturated carbocycles. The van der Waals surface area contributed by atoms with E-state index in [4.69, 9.17) is 0 Å². The van der Waals surface area contributed by atoms with Crippen molar-refractivity contribution in [1.29, 1.82) is 0 Å². The second kappa shape index (κ2) is 4.65. The van der Waals surface area contributed by atoms with Crippen LogP contribution in [0.5, 0.6) is 0 Å². The van der Waals surface area contributed by atoms with Crippen molar-refractivity contribution in [2.75, 3.05) is 4.72 Å². The zero-order valence-electron chi connectivity index (χ0n) is 10.8. The number of anilines is 1. The monoisotopic (exact) mass is 283 g/mol. The fraction of sp³-hybridized carbons (Fsp3) is 0.250. The van der Waals surface area contributed by atoms with Crippen molar-refractivity contribution in [3.63, 3.8) is 0 Å². The number of nitrogens with one attached hydrogen (secondary N) is 1. The lowest BCUT2D eigenvalue weighted by Gasteiger charge is -2.10. The zero-order chi connectivity index (χ0) is 14.2. The molecule has 0 fully saturated rings. The van der Waals surface area contributed by atoms with Gasteiger partial charge in [0.2, 0.25) is 0 Å². The molecule has 1 heterocycles. The number of sulfonamides is 1. The number of nitrogens with zero attached hydrogens (tertiary/aromatic N) is 2. The fourth-order valence-corrected chi connectivity index (χ4v) is 3.02. The highest BCUT2D eigenvalue weighted by molar-refractivity contribution is 7.92. The summed E-state index contributed by atoms with van der Waals surface area (Å²) in [7, 11) is -2.05. The smallest absolute Gasteiger partial charge is 0.265 e. The Morgan fingerprint density at radius 3 is 2.53 bits per heavy atom. The predicted octanol–water partition coefficient (Wildman–Crippen LogP) is 1.98. The maximum atomic E-state index is 13.0. The van der Waals surface area contributed by atoms with E-state index in [1.54, 1.807) is 20.9 Å². The Labute approximate surface area is 111 Å². The van der Waals surface area contributed by atoms with Gasteiger partial charge in [-0.25, -0.2) is 12.8 Å². The van der Waals surface area contributed by atoms with Crippen LogP contribution in [0, 0.1) is 19.7 Å². The summed E-state index contributed by atoms with van der Waals surface area (Å²) in [4.78, 5) is 0.110. The summed E-state index contributed by atoms with van der Waals surface area (Å²) in [6.07, 6.45) is 1.29. The van der Waals surface area contributed by atoms with Crippen molar-refractivity contribution in [3.05, 3.63) is 41.5 Å². The lowest BCUT2D eigenvalue weighted by atomic mass is 10.2. The summed E-state index contributed by atoms with van der Waals surface area (Å²) >= 11 is 0. The molecule has 1 aromatic carbocycles. The predicted molar refractivity (Wildman–Crippen MR) is 69.9 cm³/mol. The number of hydrogen-bond acceptors (Lipinski definition) is 3. The second-order valence-electron chi connectivity index (χ2n) is 4.28. The Kier molecular flexibility index (Phi) is 3.32. The van der Waals surface area contributed by atoms with Gasteiger partial charge in [-0.2, -0.15) is 5.10 Å². The van der Waals surface area contributed by atoms with Gasteiger partial charge in [0.05, 0.1) is 17.6 Å². The van der Waals surface area contributed by atoms with E-state index >= 15 is 0 Å². The molecule has 0 unspecified atom stereocenters. The maximum absolute atomic E-state index is 13.0. The molecule has 1 aromatic heterocycles. The minimum absolute atomic E-state index is 0.110. The average molecular weight is 283 g/mol. The van der Waals surface area contributed by atoms with Crippen molar-refractivity contribution in [3.8, 4) is 0 Å². The molecule has 0 aliphatic carbocycles. The lowest BCUT2D eigenvalue weighted by molar-refractivity contribution is 0.599. The van der Waals surface area contributed by atoms with Crippen molar-refractivity contribution in [2.45, 2.75) is 18.7 Å². The van der Waals surface area contributed by atoms with Crippen LogP contribution in [0.1, 0.15) is 11.3 Å². The van der Waals surface area contributed by atoms with E-state index in [1.165, 1.54) is 29.1 Å². The number of halogens is 1. The third kappa shape index (κ3) is 2.60. The summed E-state index contributed by atoms with van der Waals surface area (Å²) in [5.41, 5.74) is 1.40. The first kappa shape index (κ1) is 13.5. The number of aryl methyl sites for hydroxylation is 2. The SMILES string of the molecule is Cc1cc(F)ccc1NS(=O)(=O)c1cnn(C)c1C. The summed E-state index contributed by atoms with van der Waals surface area (Å²) < 4.78 is 41.3. The Morgan fingerprint density at radius 1 is 1.32 bits per heavy atom. The van der Waals surface area contributed by atoms with E-state index in [0.29, 0.717) is 16.9 Å². The highest BCUT2D eigenvalue weighted by Gasteiger charge is 2.20. The first-order valence-corrected chi connectivity index (χ1v) is 7.07. The molecule has 2 aromatic rings. The highest BCUT2D eigenvalue weighted by atomic mass is 32.2. The first-order valence-electron chi connectivity index (χ1n) is 5.59. The average Bonchev–Trinajstić information content (AvgIpc) is 2.64. The van der Waals surface area contributed by atoms with Crippen molar-refractivity contribution in [2.24, 2.45) is 7.05 Å². The molecule has 102 valence electrons. The quantitative estimate of drug-likeness (QED) is 0.936. The molecular weight excluding hydrogens is 269 g/mol. The Morgan fingerprint density at radius 2 is 2.00 bits per heavy atom. The van der Waals surface area contributed by atoms with E-state index in [0.717, 1.165) is 0 Å². The Hall–Kier alpha value is -1.89. The van der Waals surface area contributed by atoms with Crippen LogP contribution in [-0.4, -0.2) is 18.2 Å². The minimum atomic E-state index is -3.71. The van der Waals surface area contributed by atoms with Crippen LogP contribution >= 0.6 is 0 Å². The van der Waals surface area contributed by atoms with Crippen LogP contribution in [0.4, 0.5) is 10.1 Å². The van der Waals surface area contributed by atoms with E-state index in [-0.39, 0.29) is 4.90 Å². The summed E-state index contributed by atoms with van der Waals surface area (Å²) in [6.45, 7) is 3.30. The molecule has 0 aliphatic rings. The van der Waals surface area contributed by atoms with Gasteiger partial charge in [0.25, 0.3) is 10.0 Å². The topological polar surface area (TPSA) is 64.0 Å². The summed E-state index contributed by atoms with van der Waals surface area (Å²) in [5.74, 6) is -0.405. The number of hydrogen-bond donors (Lipinski definition) is 1. The molecule has 7 heteroatoms. The molecule has 1 N–H and O–H groups in total. The Bertz CT molecular complexity index is 723. The van der Waals surface area contributed by atoms with E-state index < -0.39 is 15.8 Å². The van der Waals surface area contributed by atoms with Gasteiger partial charge in [0.15, 0.2) is 0 Å². The standard InChI is InChI=1S/C12H14FN3O2S/c1-8-6-10(13)4-5-11(8)15-19(17,18)12-7-14-16(3)9(12)2/h4-7,15H,1-3H3. The molecule has 5 nitrogen and oxygen atoms in total. The first-order chi connectivity index (χ1) is 8.81. The van der Waals surface area contributed by atoms with Crippen molar-refractivity contribution in [1.82, 2.24) is 9.78 Å². The summed E-state index contributed by atoms with van der Waals surface area (Å²) in [5, 5.41) is 3.90.